The fraction of sp³-hybridized carbons (Fsp3) is 0.435. The number of hydrogen-bond donors (Lipinski definition) is 2. The minimum atomic E-state index is -3.67. The molecule has 1 saturated heterocycles. The van der Waals surface area contributed by atoms with E-state index < -0.39 is 20.1 Å². The Morgan fingerprint density at radius 1 is 1.00 bits per heavy atom. The first-order valence-electron chi connectivity index (χ1n) is 10.8. The van der Waals surface area contributed by atoms with Crippen molar-refractivity contribution in [3.8, 4) is 0 Å². The zero-order valence-corrected chi connectivity index (χ0v) is 21.3. The second kappa shape index (κ2) is 12.3. The maximum Gasteiger partial charge on any atom is 0.261 e. The van der Waals surface area contributed by atoms with Gasteiger partial charge in [-0.05, 0) is 43.1 Å². The molecular formula is C23H33N3O6S2. The second-order valence-corrected chi connectivity index (χ2v) is 11.6. The summed E-state index contributed by atoms with van der Waals surface area (Å²) in [5, 5.41) is 0. The molecular weight excluding hydrogens is 478 g/mol. The Bertz CT molecular complexity index is 1140. The maximum absolute atomic E-state index is 13.1. The summed E-state index contributed by atoms with van der Waals surface area (Å²) in [5.41, 5.74) is 2.23. The van der Waals surface area contributed by atoms with Crippen molar-refractivity contribution in [1.82, 2.24) is 9.80 Å². The molecule has 11 heteroatoms. The number of likely N-dealkylation sites (N-methyl/N-ethyl adjacent to an activating group) is 1. The van der Waals surface area contributed by atoms with Crippen molar-refractivity contribution in [3.63, 3.8) is 0 Å². The van der Waals surface area contributed by atoms with Crippen LogP contribution in [0, 0.1) is 0 Å². The third kappa shape index (κ3) is 10.2. The fourth-order valence-electron chi connectivity index (χ4n) is 3.77. The van der Waals surface area contributed by atoms with Crippen molar-refractivity contribution in [2.24, 2.45) is 0 Å². The van der Waals surface area contributed by atoms with Crippen molar-refractivity contribution in [3.05, 3.63) is 65.7 Å². The van der Waals surface area contributed by atoms with E-state index in [9.17, 15) is 21.6 Å². The highest BCUT2D eigenvalue weighted by molar-refractivity contribution is 7.92. The third-order valence-corrected chi connectivity index (χ3v) is 5.92. The number of anilines is 1. The van der Waals surface area contributed by atoms with Gasteiger partial charge in [-0.25, -0.2) is 8.42 Å². The standard InChI is InChI=1S/C22H29N3O3S.CH4O3S/c1-24(21(17-25-14-8-9-15-25)18-10-4-3-5-11-18)22(26)16-19-12-6-7-13-20(19)23-29(2,27)28;1-5(2,3)4/h3-7,10-13,21,23H,8-9,14-17H2,1-2H3;1H3,(H,2,3,4)/t21-;/m0./s1. The topological polar surface area (TPSA) is 124 Å². The molecule has 0 radical (unpaired) electrons. The molecule has 0 aromatic heterocycles. The molecule has 2 aromatic carbocycles. The minimum Gasteiger partial charge on any atom is -0.337 e. The Labute approximate surface area is 202 Å². The van der Waals surface area contributed by atoms with Crippen LogP contribution in [0.2, 0.25) is 0 Å². The molecule has 0 unspecified atom stereocenters. The molecule has 1 aliphatic rings. The average Bonchev–Trinajstić information content (AvgIpc) is 3.24. The summed E-state index contributed by atoms with van der Waals surface area (Å²) in [4.78, 5) is 17.3. The van der Waals surface area contributed by atoms with Gasteiger partial charge >= 0.3 is 0 Å². The van der Waals surface area contributed by atoms with Crippen LogP contribution in [-0.4, -0.2) is 76.3 Å². The molecule has 34 heavy (non-hydrogen) atoms. The molecule has 1 fully saturated rings. The van der Waals surface area contributed by atoms with Crippen molar-refractivity contribution in [2.45, 2.75) is 25.3 Å². The van der Waals surface area contributed by atoms with Gasteiger partial charge in [-0.3, -0.25) is 14.1 Å². The monoisotopic (exact) mass is 511 g/mol. The average molecular weight is 512 g/mol. The maximum atomic E-state index is 13.1. The Balaban J connectivity index is 0.000000739. The number of benzene rings is 2. The third-order valence-electron chi connectivity index (χ3n) is 5.33. The van der Waals surface area contributed by atoms with Crippen molar-refractivity contribution in [2.75, 3.05) is 43.9 Å². The summed E-state index contributed by atoms with van der Waals surface area (Å²) in [6, 6.07) is 17.1. The zero-order valence-electron chi connectivity index (χ0n) is 19.7. The van der Waals surface area contributed by atoms with E-state index in [2.05, 4.69) is 21.8 Å². The van der Waals surface area contributed by atoms with Crippen molar-refractivity contribution in [1.29, 1.82) is 0 Å². The van der Waals surface area contributed by atoms with E-state index in [1.807, 2.05) is 31.3 Å². The number of nitrogens with one attached hydrogen (secondary N) is 1. The van der Waals surface area contributed by atoms with Gasteiger partial charge in [0.1, 0.15) is 0 Å². The first-order valence-corrected chi connectivity index (χ1v) is 14.6. The Hall–Kier alpha value is -2.47. The lowest BCUT2D eigenvalue weighted by Gasteiger charge is -2.32. The van der Waals surface area contributed by atoms with Crippen LogP contribution in [0.5, 0.6) is 0 Å². The van der Waals surface area contributed by atoms with Gasteiger partial charge in [0.05, 0.1) is 30.7 Å². The molecule has 1 heterocycles. The molecule has 2 N–H and O–H groups in total. The minimum absolute atomic E-state index is 0.0409. The molecule has 0 bridgehead atoms. The summed E-state index contributed by atoms with van der Waals surface area (Å²) in [6.45, 7) is 2.93. The van der Waals surface area contributed by atoms with Gasteiger partial charge in [-0.2, -0.15) is 8.42 Å². The molecule has 1 amide bonds. The van der Waals surface area contributed by atoms with E-state index >= 15 is 0 Å². The van der Waals surface area contributed by atoms with Gasteiger partial charge in [0.15, 0.2) is 0 Å². The highest BCUT2D eigenvalue weighted by Gasteiger charge is 2.26. The molecule has 1 atom stereocenters. The number of carbonyl (C=O) groups is 1. The normalized spacial score (nSPS) is 15.2. The Morgan fingerprint density at radius 3 is 2.09 bits per heavy atom. The lowest BCUT2D eigenvalue weighted by molar-refractivity contribution is -0.131. The summed E-state index contributed by atoms with van der Waals surface area (Å²) >= 11 is 0. The predicted octanol–water partition coefficient (Wildman–Crippen LogP) is 2.40. The number of carbonyl (C=O) groups excluding carboxylic acids is 1. The Morgan fingerprint density at radius 2 is 1.53 bits per heavy atom. The highest BCUT2D eigenvalue weighted by Crippen LogP contribution is 2.25. The van der Waals surface area contributed by atoms with Crippen LogP contribution in [-0.2, 0) is 31.4 Å². The summed E-state index contributed by atoms with van der Waals surface area (Å²) in [6.07, 6.45) is 4.36. The fourth-order valence-corrected chi connectivity index (χ4v) is 4.37. The molecule has 188 valence electrons. The lowest BCUT2D eigenvalue weighted by Crippen LogP contribution is -2.39. The first kappa shape index (κ1) is 27.8. The summed E-state index contributed by atoms with van der Waals surface area (Å²) in [7, 11) is -5.24. The van der Waals surface area contributed by atoms with Crippen LogP contribution in [0.25, 0.3) is 0 Å². The van der Waals surface area contributed by atoms with Crippen LogP contribution < -0.4 is 4.72 Å². The van der Waals surface area contributed by atoms with E-state index in [4.69, 9.17) is 4.55 Å². The number of sulfonamides is 1. The summed E-state index contributed by atoms with van der Waals surface area (Å²) < 4.78 is 51.7. The SMILES string of the molecule is CN(C(=O)Cc1ccccc1NS(C)(=O)=O)[C@@H](CN1CCCC1)c1ccccc1.CS(=O)(=O)O. The number of para-hydroxylation sites is 1. The van der Waals surface area contributed by atoms with Crippen LogP contribution >= 0.6 is 0 Å². The molecule has 0 spiro atoms. The first-order chi connectivity index (χ1) is 15.8. The highest BCUT2D eigenvalue weighted by atomic mass is 32.2. The van der Waals surface area contributed by atoms with E-state index in [1.165, 1.54) is 12.8 Å². The number of likely N-dealkylation sites (tertiary alicyclic amines) is 1. The molecule has 0 aliphatic carbocycles. The Kier molecular flexibility index (Phi) is 10.0. The van der Waals surface area contributed by atoms with Crippen molar-refractivity contribution < 1.29 is 26.2 Å². The summed E-state index contributed by atoms with van der Waals surface area (Å²) in [5.74, 6) is -0.0409. The second-order valence-electron chi connectivity index (χ2n) is 8.38. The van der Waals surface area contributed by atoms with E-state index in [0.717, 1.165) is 31.5 Å². The van der Waals surface area contributed by atoms with Crippen LogP contribution in [0.15, 0.2) is 54.6 Å². The molecule has 1 aliphatic heterocycles. The van der Waals surface area contributed by atoms with Gasteiger partial charge in [-0.1, -0.05) is 48.5 Å². The quantitative estimate of drug-likeness (QED) is 0.522. The van der Waals surface area contributed by atoms with E-state index in [0.29, 0.717) is 17.5 Å². The predicted molar refractivity (Wildman–Crippen MR) is 134 cm³/mol. The van der Waals surface area contributed by atoms with Gasteiger partial charge in [0.2, 0.25) is 15.9 Å². The van der Waals surface area contributed by atoms with Gasteiger partial charge in [-0.15, -0.1) is 0 Å². The number of rotatable bonds is 8. The molecule has 2 aromatic rings. The number of amides is 1. The van der Waals surface area contributed by atoms with Gasteiger partial charge in [0, 0.05) is 13.6 Å². The van der Waals surface area contributed by atoms with Crippen molar-refractivity contribution >= 4 is 31.7 Å². The molecule has 3 rings (SSSR count). The molecule has 0 saturated carbocycles. The number of nitrogens with zero attached hydrogens (tertiary/aromatic N) is 2. The van der Waals surface area contributed by atoms with E-state index in [-0.39, 0.29) is 18.4 Å². The smallest absolute Gasteiger partial charge is 0.261 e. The van der Waals surface area contributed by atoms with E-state index in [1.54, 1.807) is 23.1 Å². The number of hydrogen-bond acceptors (Lipinski definition) is 6. The van der Waals surface area contributed by atoms with Crippen LogP contribution in [0.4, 0.5) is 5.69 Å². The van der Waals surface area contributed by atoms with Crippen LogP contribution in [0.3, 0.4) is 0 Å². The van der Waals surface area contributed by atoms with Gasteiger partial charge < -0.3 is 9.80 Å². The largest absolute Gasteiger partial charge is 0.337 e. The molecule has 9 nitrogen and oxygen atoms in total. The van der Waals surface area contributed by atoms with Gasteiger partial charge in [0.25, 0.3) is 10.1 Å². The van der Waals surface area contributed by atoms with Crippen LogP contribution in [0.1, 0.15) is 30.0 Å². The lowest BCUT2D eigenvalue weighted by atomic mass is 10.0. The zero-order chi connectivity index (χ0) is 25.4.